The van der Waals surface area contributed by atoms with Gasteiger partial charge in [-0.05, 0) is 18.5 Å². The van der Waals surface area contributed by atoms with Gasteiger partial charge in [0, 0.05) is 16.7 Å². The molecule has 1 aromatic carbocycles. The van der Waals surface area contributed by atoms with Crippen LogP contribution in [0.15, 0.2) is 6.07 Å². The lowest BCUT2D eigenvalue weighted by atomic mass is 9.97. The Morgan fingerprint density at radius 2 is 2.21 bits per heavy atom. The number of likely N-dealkylation sites (N-methyl/N-ethyl adjacent to an activating group) is 1. The second-order valence-corrected chi connectivity index (χ2v) is 4.83. The van der Waals surface area contributed by atoms with Crippen LogP contribution in [0.4, 0.5) is 0 Å². The SMILES string of the molecule is CCNC1COCCc2c(Cl)cc(OC)c(OC)c21. The van der Waals surface area contributed by atoms with Gasteiger partial charge < -0.3 is 19.5 Å². The van der Waals surface area contributed by atoms with Gasteiger partial charge in [-0.2, -0.15) is 0 Å². The first-order valence-corrected chi connectivity index (χ1v) is 6.85. The Bertz CT molecular complexity index is 451. The van der Waals surface area contributed by atoms with Gasteiger partial charge in [0.15, 0.2) is 11.5 Å². The number of fused-ring (bicyclic) bond motifs is 1. The topological polar surface area (TPSA) is 39.7 Å². The second kappa shape index (κ2) is 6.46. The average Bonchev–Trinajstić information content (AvgIpc) is 2.62. The third-order valence-corrected chi connectivity index (χ3v) is 3.68. The summed E-state index contributed by atoms with van der Waals surface area (Å²) in [4.78, 5) is 0. The van der Waals surface area contributed by atoms with E-state index in [0.717, 1.165) is 29.8 Å². The number of rotatable bonds is 4. The van der Waals surface area contributed by atoms with Crippen molar-refractivity contribution in [1.82, 2.24) is 5.32 Å². The fraction of sp³-hybridized carbons (Fsp3) is 0.571. The Kier molecular flexibility index (Phi) is 4.91. The molecule has 1 aliphatic heterocycles. The fourth-order valence-electron chi connectivity index (χ4n) is 2.52. The van der Waals surface area contributed by atoms with Gasteiger partial charge in [-0.3, -0.25) is 0 Å². The molecule has 1 aromatic rings. The minimum atomic E-state index is 0.0741. The summed E-state index contributed by atoms with van der Waals surface area (Å²) in [5, 5.41) is 4.12. The van der Waals surface area contributed by atoms with Crippen LogP contribution >= 0.6 is 11.6 Å². The van der Waals surface area contributed by atoms with Crippen molar-refractivity contribution < 1.29 is 14.2 Å². The first-order valence-electron chi connectivity index (χ1n) is 6.47. The molecular weight excluding hydrogens is 266 g/mol. The molecule has 1 N–H and O–H groups in total. The van der Waals surface area contributed by atoms with E-state index < -0.39 is 0 Å². The molecule has 0 bridgehead atoms. The van der Waals surface area contributed by atoms with Gasteiger partial charge in [0.25, 0.3) is 0 Å². The van der Waals surface area contributed by atoms with Crippen molar-refractivity contribution in [2.24, 2.45) is 0 Å². The summed E-state index contributed by atoms with van der Waals surface area (Å²) in [6, 6.07) is 1.89. The molecule has 0 saturated carbocycles. The highest BCUT2D eigenvalue weighted by atomic mass is 35.5. The van der Waals surface area contributed by atoms with Gasteiger partial charge in [0.2, 0.25) is 0 Å². The van der Waals surface area contributed by atoms with Crippen LogP contribution in [0, 0.1) is 0 Å². The van der Waals surface area contributed by atoms with Gasteiger partial charge in [0.1, 0.15) is 0 Å². The summed E-state index contributed by atoms with van der Waals surface area (Å²) in [7, 11) is 3.27. The quantitative estimate of drug-likeness (QED) is 0.923. The zero-order valence-electron chi connectivity index (χ0n) is 11.6. The minimum absolute atomic E-state index is 0.0741. The highest BCUT2D eigenvalue weighted by molar-refractivity contribution is 6.31. The molecule has 1 heterocycles. The Balaban J connectivity index is 2.60. The van der Waals surface area contributed by atoms with Gasteiger partial charge >= 0.3 is 0 Å². The zero-order chi connectivity index (χ0) is 13.8. The van der Waals surface area contributed by atoms with E-state index in [1.807, 2.05) is 6.07 Å². The van der Waals surface area contributed by atoms with E-state index in [2.05, 4.69) is 12.2 Å². The number of ether oxygens (including phenoxy) is 3. The lowest BCUT2D eigenvalue weighted by Gasteiger charge is -2.23. The summed E-state index contributed by atoms with van der Waals surface area (Å²) >= 11 is 6.37. The first-order chi connectivity index (χ1) is 9.22. The highest BCUT2D eigenvalue weighted by Gasteiger charge is 2.27. The molecule has 0 spiro atoms. The molecule has 0 saturated heterocycles. The zero-order valence-corrected chi connectivity index (χ0v) is 12.3. The summed E-state index contributed by atoms with van der Waals surface area (Å²) in [6.45, 7) is 4.20. The number of hydrogen-bond acceptors (Lipinski definition) is 4. The maximum atomic E-state index is 6.37. The smallest absolute Gasteiger partial charge is 0.165 e. The molecule has 5 heteroatoms. The molecule has 106 valence electrons. The minimum Gasteiger partial charge on any atom is -0.493 e. The molecule has 0 aliphatic carbocycles. The van der Waals surface area contributed by atoms with Crippen LogP contribution in [0.5, 0.6) is 11.5 Å². The summed E-state index contributed by atoms with van der Waals surface area (Å²) in [6.07, 6.45) is 0.788. The van der Waals surface area contributed by atoms with E-state index in [1.54, 1.807) is 14.2 Å². The summed E-state index contributed by atoms with van der Waals surface area (Å²) < 4.78 is 16.6. The van der Waals surface area contributed by atoms with Crippen LogP contribution in [-0.2, 0) is 11.2 Å². The van der Waals surface area contributed by atoms with Gasteiger partial charge in [-0.15, -0.1) is 0 Å². The number of methoxy groups -OCH3 is 2. The lowest BCUT2D eigenvalue weighted by Crippen LogP contribution is -2.25. The van der Waals surface area contributed by atoms with Crippen LogP contribution in [0.1, 0.15) is 24.1 Å². The fourth-order valence-corrected chi connectivity index (χ4v) is 2.81. The normalized spacial score (nSPS) is 18.6. The summed E-state index contributed by atoms with van der Waals surface area (Å²) in [5.74, 6) is 1.41. The molecule has 19 heavy (non-hydrogen) atoms. The Labute approximate surface area is 119 Å². The molecule has 4 nitrogen and oxygen atoms in total. The van der Waals surface area contributed by atoms with E-state index in [-0.39, 0.29) is 6.04 Å². The Hall–Kier alpha value is -0.970. The van der Waals surface area contributed by atoms with Crippen molar-refractivity contribution in [2.45, 2.75) is 19.4 Å². The predicted octanol–water partition coefficient (Wildman–Crippen LogP) is 2.58. The Morgan fingerprint density at radius 3 is 2.84 bits per heavy atom. The molecule has 0 fully saturated rings. The molecule has 1 unspecified atom stereocenters. The number of benzene rings is 1. The van der Waals surface area contributed by atoms with Gasteiger partial charge in [-0.1, -0.05) is 18.5 Å². The highest BCUT2D eigenvalue weighted by Crippen LogP contribution is 2.42. The van der Waals surface area contributed by atoms with Crippen LogP contribution in [0.3, 0.4) is 0 Å². The van der Waals surface area contributed by atoms with Crippen molar-refractivity contribution in [3.8, 4) is 11.5 Å². The molecular formula is C14H20ClNO3. The van der Waals surface area contributed by atoms with Crippen molar-refractivity contribution >= 4 is 11.6 Å². The van der Waals surface area contributed by atoms with E-state index in [9.17, 15) is 0 Å². The van der Waals surface area contributed by atoms with E-state index >= 15 is 0 Å². The van der Waals surface area contributed by atoms with Crippen LogP contribution in [0.2, 0.25) is 5.02 Å². The Morgan fingerprint density at radius 1 is 1.42 bits per heavy atom. The molecule has 2 rings (SSSR count). The van der Waals surface area contributed by atoms with Crippen LogP contribution in [0.25, 0.3) is 0 Å². The summed E-state index contributed by atoms with van der Waals surface area (Å²) in [5.41, 5.74) is 2.15. The maximum absolute atomic E-state index is 6.37. The molecule has 0 aromatic heterocycles. The van der Waals surface area contributed by atoms with Crippen LogP contribution in [-0.4, -0.2) is 34.0 Å². The maximum Gasteiger partial charge on any atom is 0.165 e. The van der Waals surface area contributed by atoms with E-state index in [0.29, 0.717) is 24.0 Å². The standard InChI is InChI=1S/C14H20ClNO3/c1-4-16-11-8-19-6-5-9-10(15)7-12(17-2)14(18-3)13(9)11/h7,11,16H,4-6,8H2,1-3H3. The van der Waals surface area contributed by atoms with Gasteiger partial charge in [0.05, 0.1) is 33.5 Å². The molecule has 0 radical (unpaired) electrons. The third-order valence-electron chi connectivity index (χ3n) is 3.34. The molecule has 1 atom stereocenters. The van der Waals surface area contributed by atoms with Crippen molar-refractivity contribution in [2.75, 3.05) is 34.0 Å². The van der Waals surface area contributed by atoms with E-state index in [1.165, 1.54) is 0 Å². The number of halogens is 1. The predicted molar refractivity (Wildman–Crippen MR) is 75.5 cm³/mol. The van der Waals surface area contributed by atoms with Crippen LogP contribution < -0.4 is 14.8 Å². The van der Waals surface area contributed by atoms with E-state index in [4.69, 9.17) is 25.8 Å². The van der Waals surface area contributed by atoms with Crippen molar-refractivity contribution in [1.29, 1.82) is 0 Å². The van der Waals surface area contributed by atoms with Crippen molar-refractivity contribution in [3.05, 3.63) is 22.2 Å². The average molecular weight is 286 g/mol. The monoisotopic (exact) mass is 285 g/mol. The number of hydrogen-bond donors (Lipinski definition) is 1. The van der Waals surface area contributed by atoms with Crippen molar-refractivity contribution in [3.63, 3.8) is 0 Å². The van der Waals surface area contributed by atoms with Gasteiger partial charge in [-0.25, -0.2) is 0 Å². The largest absolute Gasteiger partial charge is 0.493 e. The lowest BCUT2D eigenvalue weighted by molar-refractivity contribution is 0.121. The molecule has 0 amide bonds. The second-order valence-electron chi connectivity index (χ2n) is 4.42. The first kappa shape index (κ1) is 14.4. The molecule has 1 aliphatic rings. The number of nitrogens with one attached hydrogen (secondary N) is 1. The third kappa shape index (κ3) is 2.81.